The molecule has 0 unspecified atom stereocenters. The molecule has 2 aromatic heterocycles. The highest BCUT2D eigenvalue weighted by Gasteiger charge is 2.44. The summed E-state index contributed by atoms with van der Waals surface area (Å²) in [5.41, 5.74) is 14.9. The molecule has 0 bridgehead atoms. The first-order chi connectivity index (χ1) is 24.3. The Bertz CT molecular complexity index is 2690. The summed E-state index contributed by atoms with van der Waals surface area (Å²) in [6.07, 6.45) is 0. The quantitative estimate of drug-likeness (QED) is 0.182. The molecule has 4 nitrogen and oxygen atoms in total. The highest BCUT2D eigenvalue weighted by atomic mass is 16.3. The average molecular weight is 626 g/mol. The molecule has 0 fully saturated rings. The van der Waals surface area contributed by atoms with E-state index in [1.807, 2.05) is 0 Å². The van der Waals surface area contributed by atoms with Crippen LogP contribution in [0.4, 0.5) is 34.1 Å². The number of hydrogen-bond donors (Lipinski definition) is 0. The van der Waals surface area contributed by atoms with E-state index in [1.54, 1.807) is 0 Å². The van der Waals surface area contributed by atoms with Crippen LogP contribution in [0.3, 0.4) is 0 Å². The van der Waals surface area contributed by atoms with E-state index in [0.717, 1.165) is 39.4 Å². The van der Waals surface area contributed by atoms with E-state index in [0.29, 0.717) is 0 Å². The summed E-state index contributed by atoms with van der Waals surface area (Å²) < 4.78 is 9.29. The van der Waals surface area contributed by atoms with E-state index in [9.17, 15) is 0 Å². The zero-order chi connectivity index (χ0) is 32.1. The largest absolute Gasteiger partial charge is 0.441 e. The first-order valence-electron chi connectivity index (χ1n) is 16.8. The number of hydrogen-bond acceptors (Lipinski definition) is 3. The summed E-state index contributed by atoms with van der Waals surface area (Å²) in [6.45, 7) is -0.0763. The fourth-order valence-corrected chi connectivity index (χ4v) is 8.41. The van der Waals surface area contributed by atoms with E-state index >= 15 is 0 Å². The van der Waals surface area contributed by atoms with Gasteiger partial charge in [0.2, 0.25) is 0 Å². The molecule has 0 atom stereocenters. The predicted molar refractivity (Wildman–Crippen MR) is 204 cm³/mol. The molecule has 0 radical (unpaired) electrons. The lowest BCUT2D eigenvalue weighted by atomic mass is 9.45. The highest BCUT2D eigenvalue weighted by molar-refractivity contribution is 6.90. The monoisotopic (exact) mass is 625 g/mol. The third kappa shape index (κ3) is 3.64. The minimum atomic E-state index is -0.0763. The first kappa shape index (κ1) is 26.6. The number of furan rings is 1. The Kier molecular flexibility index (Phi) is 5.44. The maximum absolute atomic E-state index is 6.80. The van der Waals surface area contributed by atoms with Crippen LogP contribution in [0.5, 0.6) is 0 Å². The summed E-state index contributed by atoms with van der Waals surface area (Å²) in [7, 11) is 0. The lowest BCUT2D eigenvalue weighted by molar-refractivity contribution is 0.651. The Morgan fingerprint density at radius 3 is 1.94 bits per heavy atom. The van der Waals surface area contributed by atoms with Gasteiger partial charge in [-0.25, -0.2) is 0 Å². The Hall–Kier alpha value is -6.46. The summed E-state index contributed by atoms with van der Waals surface area (Å²) >= 11 is 0. The number of nitrogens with zero attached hydrogens (tertiary/aromatic N) is 3. The van der Waals surface area contributed by atoms with E-state index in [-0.39, 0.29) is 6.85 Å². The van der Waals surface area contributed by atoms with Gasteiger partial charge in [0.15, 0.2) is 5.71 Å². The third-order valence-corrected chi connectivity index (χ3v) is 10.3. The van der Waals surface area contributed by atoms with E-state index < -0.39 is 0 Å². The van der Waals surface area contributed by atoms with Crippen molar-refractivity contribution in [3.63, 3.8) is 0 Å². The normalized spacial score (nSPS) is 12.8. The molecule has 9 aromatic rings. The Morgan fingerprint density at radius 2 is 1.16 bits per heavy atom. The zero-order valence-corrected chi connectivity index (χ0v) is 26.5. The Labute approximate surface area is 283 Å². The van der Waals surface area contributed by atoms with Crippen LogP contribution >= 0.6 is 0 Å². The molecule has 228 valence electrons. The van der Waals surface area contributed by atoms with Crippen LogP contribution in [0.15, 0.2) is 174 Å². The number of aromatic nitrogens is 1. The van der Waals surface area contributed by atoms with Crippen molar-refractivity contribution in [1.29, 1.82) is 0 Å². The third-order valence-electron chi connectivity index (χ3n) is 10.3. The molecule has 4 heterocycles. The van der Waals surface area contributed by atoms with Gasteiger partial charge in [0.05, 0.1) is 5.39 Å². The van der Waals surface area contributed by atoms with Crippen molar-refractivity contribution in [2.75, 3.05) is 9.80 Å². The second kappa shape index (κ2) is 10.0. The number of para-hydroxylation sites is 6. The first-order valence-corrected chi connectivity index (χ1v) is 16.8. The van der Waals surface area contributed by atoms with Crippen LogP contribution < -0.4 is 20.7 Å². The van der Waals surface area contributed by atoms with Gasteiger partial charge in [0.1, 0.15) is 5.58 Å². The minimum absolute atomic E-state index is 0.0763. The molecule has 0 saturated heterocycles. The summed E-state index contributed by atoms with van der Waals surface area (Å²) in [5.74, 6) is 0. The van der Waals surface area contributed by atoms with E-state index in [4.69, 9.17) is 4.42 Å². The topological polar surface area (TPSA) is 24.6 Å². The number of fused-ring (bicyclic) bond motifs is 9. The summed E-state index contributed by atoms with van der Waals surface area (Å²) in [5, 5.41) is 3.56. The second-order valence-electron chi connectivity index (χ2n) is 12.9. The lowest BCUT2D eigenvalue weighted by Gasteiger charge is -2.41. The highest BCUT2D eigenvalue weighted by Crippen LogP contribution is 2.49. The Morgan fingerprint density at radius 1 is 0.510 bits per heavy atom. The van der Waals surface area contributed by atoms with Crippen LogP contribution in [0, 0.1) is 0 Å². The van der Waals surface area contributed by atoms with Crippen molar-refractivity contribution < 1.29 is 4.42 Å². The molecule has 0 saturated carbocycles. The number of rotatable bonds is 4. The van der Waals surface area contributed by atoms with Crippen molar-refractivity contribution in [1.82, 2.24) is 4.48 Å². The van der Waals surface area contributed by atoms with Crippen LogP contribution in [-0.2, 0) is 0 Å². The maximum atomic E-state index is 6.80. The van der Waals surface area contributed by atoms with Gasteiger partial charge in [-0.1, -0.05) is 109 Å². The second-order valence-corrected chi connectivity index (χ2v) is 12.9. The minimum Gasteiger partial charge on any atom is -0.441 e. The van der Waals surface area contributed by atoms with Crippen LogP contribution in [-0.4, -0.2) is 11.3 Å². The molecule has 49 heavy (non-hydrogen) atoms. The van der Waals surface area contributed by atoms with Gasteiger partial charge < -0.3 is 18.7 Å². The molecule has 0 N–H and O–H groups in total. The molecule has 2 aliphatic rings. The average Bonchev–Trinajstić information content (AvgIpc) is 3.70. The number of benzene rings is 7. The smallest absolute Gasteiger partial charge is 0.336 e. The van der Waals surface area contributed by atoms with Crippen molar-refractivity contribution in [2.24, 2.45) is 0 Å². The fourth-order valence-electron chi connectivity index (χ4n) is 8.41. The molecule has 7 aromatic carbocycles. The van der Waals surface area contributed by atoms with Crippen molar-refractivity contribution in [3.8, 4) is 11.1 Å². The Balaban J connectivity index is 1.31. The molecule has 11 rings (SSSR count). The lowest BCUT2D eigenvalue weighted by Crippen LogP contribution is -2.56. The van der Waals surface area contributed by atoms with Gasteiger partial charge in [-0.05, 0) is 77.2 Å². The maximum Gasteiger partial charge on any atom is 0.336 e. The van der Waals surface area contributed by atoms with Crippen LogP contribution in [0.2, 0.25) is 0 Å². The predicted octanol–water partition coefficient (Wildman–Crippen LogP) is 10.4. The van der Waals surface area contributed by atoms with Gasteiger partial charge >= 0.3 is 6.85 Å². The van der Waals surface area contributed by atoms with E-state index in [2.05, 4.69) is 184 Å². The molecule has 0 aliphatic carbocycles. The van der Waals surface area contributed by atoms with Crippen molar-refractivity contribution in [2.45, 2.75) is 0 Å². The molecule has 0 amide bonds. The zero-order valence-electron chi connectivity index (χ0n) is 26.5. The van der Waals surface area contributed by atoms with Gasteiger partial charge in [0.25, 0.3) is 0 Å². The van der Waals surface area contributed by atoms with Gasteiger partial charge in [-0.15, -0.1) is 0 Å². The molecular formula is C44H28BN3O. The SMILES string of the molecule is c1ccc(N(c2ccccc2)c2cc3c4c(c2)N(c2ccccc2)c2ccccc2B4n2c4oc5ccccc5c4c4cccc-3c42)cc1. The summed E-state index contributed by atoms with van der Waals surface area (Å²) in [6, 6.07) is 61.0. The van der Waals surface area contributed by atoms with Crippen molar-refractivity contribution >= 4 is 84.9 Å². The molecule has 2 aliphatic heterocycles. The van der Waals surface area contributed by atoms with Gasteiger partial charge in [0, 0.05) is 56.0 Å². The molecular weight excluding hydrogens is 597 g/mol. The van der Waals surface area contributed by atoms with Gasteiger partial charge in [-0.3, -0.25) is 0 Å². The molecule has 0 spiro atoms. The summed E-state index contributed by atoms with van der Waals surface area (Å²) in [4.78, 5) is 4.83. The van der Waals surface area contributed by atoms with Gasteiger partial charge in [-0.2, -0.15) is 0 Å². The van der Waals surface area contributed by atoms with Crippen LogP contribution in [0.25, 0.3) is 44.1 Å². The standard InChI is InChI=1S/C44H28BN3O/c1-4-15-29(16-5-1)46(30-17-6-2-7-18-30)32-27-36-33-22-14-23-35-41-34-21-10-13-26-40(34)49-44(41)48(43(33)35)45-37-24-11-12-25-38(37)47(39(28-32)42(36)45)31-19-8-3-9-20-31/h1-28H. The fraction of sp³-hybridized carbons (Fsp3) is 0. The van der Waals surface area contributed by atoms with Crippen LogP contribution in [0.1, 0.15) is 0 Å². The van der Waals surface area contributed by atoms with Crippen molar-refractivity contribution in [3.05, 3.63) is 170 Å². The number of anilines is 6. The van der Waals surface area contributed by atoms with E-state index in [1.165, 1.54) is 49.7 Å². The molecule has 5 heteroatoms.